The van der Waals surface area contributed by atoms with Crippen molar-refractivity contribution in [1.82, 2.24) is 4.98 Å². The van der Waals surface area contributed by atoms with Crippen LogP contribution in [0.5, 0.6) is 0 Å². The molecule has 0 spiro atoms. The number of pyridine rings is 1. The van der Waals surface area contributed by atoms with Gasteiger partial charge in [0.05, 0.1) is 11.6 Å². The van der Waals surface area contributed by atoms with E-state index in [9.17, 15) is 5.26 Å². The largest absolute Gasteiger partial charge is 0.362 e. The van der Waals surface area contributed by atoms with Crippen molar-refractivity contribution in [3.63, 3.8) is 0 Å². The van der Waals surface area contributed by atoms with Gasteiger partial charge in [0.2, 0.25) is 0 Å². The van der Waals surface area contributed by atoms with Gasteiger partial charge in [-0.2, -0.15) is 5.26 Å². The van der Waals surface area contributed by atoms with Gasteiger partial charge < -0.3 is 5.32 Å². The number of nitrogens with one attached hydrogen (secondary N) is 1. The molecule has 2 aromatic rings. The number of nitriles is 1. The number of hydrogen-bond acceptors (Lipinski definition) is 4. The maximum Gasteiger partial charge on any atom is 0.144 e. The molecule has 0 saturated carbocycles. The Kier molecular flexibility index (Phi) is 3.87. The number of aromatic nitrogens is 1. The molecule has 0 aliphatic heterocycles. The first-order valence-corrected chi connectivity index (χ1v) is 7.03. The summed E-state index contributed by atoms with van der Waals surface area (Å²) in [5, 5.41) is 12.6. The van der Waals surface area contributed by atoms with E-state index in [1.54, 1.807) is 17.5 Å². The van der Waals surface area contributed by atoms with Gasteiger partial charge >= 0.3 is 0 Å². The number of hydrogen-bond donors (Lipinski definition) is 1. The van der Waals surface area contributed by atoms with Gasteiger partial charge in [0.1, 0.15) is 11.9 Å². The average Bonchev–Trinajstić information content (AvgIpc) is 2.69. The van der Waals surface area contributed by atoms with E-state index in [1.165, 1.54) is 15.3 Å². The van der Waals surface area contributed by atoms with Crippen LogP contribution in [0.3, 0.4) is 0 Å². The quantitative estimate of drug-likeness (QED) is 0.913. The minimum Gasteiger partial charge on any atom is -0.362 e. The van der Waals surface area contributed by atoms with Crippen LogP contribution in [0, 0.1) is 32.1 Å². The van der Waals surface area contributed by atoms with Crippen molar-refractivity contribution >= 4 is 17.2 Å². The molecule has 0 radical (unpaired) electrons. The molecule has 98 valence electrons. The second-order valence-electron chi connectivity index (χ2n) is 4.70. The Morgan fingerprint density at radius 2 is 2.11 bits per heavy atom. The van der Waals surface area contributed by atoms with Crippen LogP contribution >= 0.6 is 11.3 Å². The van der Waals surface area contributed by atoms with Crippen molar-refractivity contribution in [2.24, 2.45) is 0 Å². The van der Waals surface area contributed by atoms with Crippen molar-refractivity contribution in [1.29, 1.82) is 5.26 Å². The van der Waals surface area contributed by atoms with Crippen molar-refractivity contribution in [2.75, 3.05) is 5.32 Å². The van der Waals surface area contributed by atoms with Gasteiger partial charge in [-0.25, -0.2) is 4.98 Å². The van der Waals surface area contributed by atoms with Crippen LogP contribution in [0.2, 0.25) is 0 Å². The number of rotatable bonds is 3. The fourth-order valence-corrected chi connectivity index (χ4v) is 3.19. The van der Waals surface area contributed by atoms with Gasteiger partial charge in [0, 0.05) is 16.0 Å². The van der Waals surface area contributed by atoms with Gasteiger partial charge in [0.25, 0.3) is 0 Å². The summed E-state index contributed by atoms with van der Waals surface area (Å²) in [6.07, 6.45) is 1.73. The zero-order valence-electron chi connectivity index (χ0n) is 11.6. The lowest BCUT2D eigenvalue weighted by molar-refractivity contribution is 0.870. The van der Waals surface area contributed by atoms with E-state index in [-0.39, 0.29) is 6.04 Å². The summed E-state index contributed by atoms with van der Waals surface area (Å²) in [6.45, 7) is 8.26. The van der Waals surface area contributed by atoms with Gasteiger partial charge in [-0.1, -0.05) is 0 Å². The van der Waals surface area contributed by atoms with Crippen LogP contribution in [0.25, 0.3) is 0 Å². The zero-order valence-corrected chi connectivity index (χ0v) is 12.4. The third kappa shape index (κ3) is 2.77. The smallest absolute Gasteiger partial charge is 0.144 e. The average molecular weight is 271 g/mol. The number of anilines is 1. The van der Waals surface area contributed by atoms with Crippen molar-refractivity contribution < 1.29 is 0 Å². The summed E-state index contributed by atoms with van der Waals surface area (Å²) in [5.41, 5.74) is 2.85. The van der Waals surface area contributed by atoms with Crippen LogP contribution in [-0.2, 0) is 0 Å². The lowest BCUT2D eigenvalue weighted by atomic mass is 10.1. The summed E-state index contributed by atoms with van der Waals surface area (Å²) in [5.74, 6) is 0.665. The van der Waals surface area contributed by atoms with Crippen molar-refractivity contribution in [2.45, 2.75) is 33.7 Å². The molecule has 2 heterocycles. The Balaban J connectivity index is 2.30. The van der Waals surface area contributed by atoms with Gasteiger partial charge in [-0.15, -0.1) is 11.3 Å². The summed E-state index contributed by atoms with van der Waals surface area (Å²) >= 11 is 1.80. The van der Waals surface area contributed by atoms with E-state index in [0.717, 1.165) is 5.56 Å². The minimum absolute atomic E-state index is 0.145. The molecule has 0 amide bonds. The molecule has 0 aliphatic carbocycles. The standard InChI is InChI=1S/C15H17N3S/c1-9-5-6-17-15(14(9)8-16)18-11(3)13-7-10(2)19-12(13)4/h5-7,11H,1-4H3,(H,17,18). The summed E-state index contributed by atoms with van der Waals surface area (Å²) in [6, 6.07) is 6.41. The zero-order chi connectivity index (χ0) is 14.0. The summed E-state index contributed by atoms with van der Waals surface area (Å²) in [4.78, 5) is 6.90. The predicted octanol–water partition coefficient (Wildman–Crippen LogP) is 4.11. The Labute approximate surface area is 117 Å². The van der Waals surface area contributed by atoms with Crippen LogP contribution in [0.4, 0.5) is 5.82 Å². The SMILES string of the molecule is Cc1cc(C(C)Nc2nccc(C)c2C#N)c(C)s1. The summed E-state index contributed by atoms with van der Waals surface area (Å²) in [7, 11) is 0. The molecule has 1 unspecified atom stereocenters. The molecule has 1 N–H and O–H groups in total. The molecule has 0 aliphatic rings. The molecule has 0 fully saturated rings. The Morgan fingerprint density at radius 1 is 1.37 bits per heavy atom. The van der Waals surface area contributed by atoms with Crippen molar-refractivity contribution in [3.05, 3.63) is 44.8 Å². The third-order valence-corrected chi connectivity index (χ3v) is 4.15. The van der Waals surface area contributed by atoms with E-state index in [1.807, 2.05) is 13.0 Å². The summed E-state index contributed by atoms with van der Waals surface area (Å²) < 4.78 is 0. The van der Waals surface area contributed by atoms with Crippen molar-refractivity contribution in [3.8, 4) is 6.07 Å². The molecule has 1 atom stereocenters. The molecule has 2 rings (SSSR count). The predicted molar refractivity (Wildman–Crippen MR) is 79.5 cm³/mol. The number of thiophene rings is 1. The number of aryl methyl sites for hydroxylation is 3. The van der Waals surface area contributed by atoms with E-state index >= 15 is 0 Å². The first-order chi connectivity index (χ1) is 9.02. The molecule has 4 heteroatoms. The van der Waals surface area contributed by atoms with E-state index in [2.05, 4.69) is 43.2 Å². The Morgan fingerprint density at radius 3 is 2.68 bits per heavy atom. The molecule has 2 aromatic heterocycles. The molecule has 0 saturated heterocycles. The molecule has 19 heavy (non-hydrogen) atoms. The normalized spacial score (nSPS) is 11.9. The second kappa shape index (κ2) is 5.41. The van der Waals surface area contributed by atoms with E-state index < -0.39 is 0 Å². The second-order valence-corrected chi connectivity index (χ2v) is 6.16. The monoisotopic (exact) mass is 271 g/mol. The Bertz CT molecular complexity index is 637. The maximum absolute atomic E-state index is 9.21. The fraction of sp³-hybridized carbons (Fsp3) is 0.333. The lowest BCUT2D eigenvalue weighted by Gasteiger charge is -2.16. The topological polar surface area (TPSA) is 48.7 Å². The first kappa shape index (κ1) is 13.6. The molecule has 3 nitrogen and oxygen atoms in total. The third-order valence-electron chi connectivity index (χ3n) is 3.17. The van der Waals surface area contributed by atoms with Crippen LogP contribution in [-0.4, -0.2) is 4.98 Å². The lowest BCUT2D eigenvalue weighted by Crippen LogP contribution is -2.10. The van der Waals surface area contributed by atoms with Crippen LogP contribution in [0.1, 0.15) is 39.4 Å². The fourth-order valence-electron chi connectivity index (χ4n) is 2.17. The van der Waals surface area contributed by atoms with Crippen LogP contribution < -0.4 is 5.32 Å². The first-order valence-electron chi connectivity index (χ1n) is 6.22. The maximum atomic E-state index is 9.21. The molecular formula is C15H17N3S. The highest BCUT2D eigenvalue weighted by atomic mass is 32.1. The van der Waals surface area contributed by atoms with Crippen LogP contribution in [0.15, 0.2) is 18.3 Å². The van der Waals surface area contributed by atoms with Gasteiger partial charge in [0.15, 0.2) is 0 Å². The van der Waals surface area contributed by atoms with Gasteiger partial charge in [-0.3, -0.25) is 0 Å². The highest BCUT2D eigenvalue weighted by Gasteiger charge is 2.14. The van der Waals surface area contributed by atoms with Gasteiger partial charge in [-0.05, 0) is 51.0 Å². The highest BCUT2D eigenvalue weighted by molar-refractivity contribution is 7.12. The number of nitrogens with zero attached hydrogens (tertiary/aromatic N) is 2. The van der Waals surface area contributed by atoms with E-state index in [0.29, 0.717) is 11.4 Å². The highest BCUT2D eigenvalue weighted by Crippen LogP contribution is 2.29. The van der Waals surface area contributed by atoms with E-state index in [4.69, 9.17) is 0 Å². The Hall–Kier alpha value is -1.86. The molecule has 0 aromatic carbocycles. The molecular weight excluding hydrogens is 254 g/mol. The minimum atomic E-state index is 0.145. The molecule has 0 bridgehead atoms.